The molecule has 0 saturated heterocycles. The Morgan fingerprint density at radius 2 is 0.951 bits per heavy atom. The van der Waals surface area contributed by atoms with Crippen LogP contribution in [0.5, 0.6) is 0 Å². The number of aliphatic hydroxyl groups is 1. The summed E-state index contributed by atoms with van der Waals surface area (Å²) in [7, 11) is 11.7. The van der Waals surface area contributed by atoms with Crippen LogP contribution in [-0.4, -0.2) is 235 Å². The molecule has 0 aliphatic heterocycles. The van der Waals surface area contributed by atoms with Crippen LogP contribution in [0, 0.1) is 29.6 Å². The molecule has 0 rings (SSSR count). The van der Waals surface area contributed by atoms with Crippen molar-refractivity contribution < 1.29 is 57.8 Å². The molecule has 1 unspecified atom stereocenters. The summed E-state index contributed by atoms with van der Waals surface area (Å²) >= 11 is 0. The van der Waals surface area contributed by atoms with Crippen LogP contribution in [0.25, 0.3) is 0 Å². The first-order valence-corrected chi connectivity index (χ1v) is 28.4. The summed E-state index contributed by atoms with van der Waals surface area (Å²) in [4.78, 5) is 159. The van der Waals surface area contributed by atoms with Crippen LogP contribution in [-0.2, 0) is 52.7 Å². The van der Waals surface area contributed by atoms with E-state index < -0.39 is 133 Å². The molecule has 464 valence electrons. The van der Waals surface area contributed by atoms with Crippen LogP contribution < -0.4 is 21.3 Å². The van der Waals surface area contributed by atoms with Gasteiger partial charge < -0.3 is 65.5 Å². The van der Waals surface area contributed by atoms with Crippen LogP contribution >= 0.6 is 0 Å². The molecule has 0 radical (unpaired) electrons. The number of aldehydes is 1. The van der Waals surface area contributed by atoms with Gasteiger partial charge in [-0.2, -0.15) is 0 Å². The predicted octanol–water partition coefficient (Wildman–Crippen LogP) is 1.90. The first kappa shape index (κ1) is 75.0. The zero-order valence-corrected chi connectivity index (χ0v) is 53.2. The SMILES string of the molecule is C/C=C/C[C@@H](C)C[C@@H](C(=O)NCC(=O)N(C)CC(=O)N(C)[C@@H](CC(C)(C)O)C(=O)NC(C(=O)N(C)[C@@H](CC(C)C)C(=O)N[C@@H](C)C=O)C(C)C)N(C)C(=O)CN(C)C(=O)[C@H](CC(C)C)N(C)C(=O)[C@H](CC(C)C)N(C)C(=O)[C@@H](C)NC. The number of nitrogens with one attached hydrogen (secondary N) is 4. The molecule has 0 bridgehead atoms. The molecule has 0 fully saturated rings. The van der Waals surface area contributed by atoms with Gasteiger partial charge in [-0.15, -0.1) is 0 Å². The lowest BCUT2D eigenvalue weighted by molar-refractivity contribution is -0.152. The third-order valence-electron chi connectivity index (χ3n) is 14.4. The highest BCUT2D eigenvalue weighted by molar-refractivity contribution is 5.97. The first-order valence-electron chi connectivity index (χ1n) is 28.4. The lowest BCUT2D eigenvalue weighted by atomic mass is 9.95. The molecule has 0 aromatic rings. The summed E-state index contributed by atoms with van der Waals surface area (Å²) in [6.45, 7) is 23.1. The maximum absolute atomic E-state index is 14.3. The van der Waals surface area contributed by atoms with Gasteiger partial charge in [-0.3, -0.25) is 47.9 Å². The van der Waals surface area contributed by atoms with Crippen molar-refractivity contribution in [1.29, 1.82) is 0 Å². The van der Waals surface area contributed by atoms with E-state index in [1.54, 1.807) is 34.9 Å². The number of hydrogen-bond donors (Lipinski definition) is 5. The highest BCUT2D eigenvalue weighted by Gasteiger charge is 2.41. The second-order valence-corrected chi connectivity index (χ2v) is 24.3. The van der Waals surface area contributed by atoms with Crippen molar-refractivity contribution in [3.05, 3.63) is 12.2 Å². The van der Waals surface area contributed by atoms with Crippen molar-refractivity contribution in [3.63, 3.8) is 0 Å². The minimum Gasteiger partial charge on any atom is -0.390 e. The number of carbonyl (C=O) groups excluding carboxylic acids is 11. The van der Waals surface area contributed by atoms with Crippen molar-refractivity contribution >= 4 is 65.4 Å². The molecular weight excluding hydrogens is 1040 g/mol. The van der Waals surface area contributed by atoms with Crippen molar-refractivity contribution in [1.82, 2.24) is 55.6 Å². The smallest absolute Gasteiger partial charge is 0.245 e. The topological polar surface area (TPSA) is 279 Å². The maximum Gasteiger partial charge on any atom is 0.245 e. The predicted molar refractivity (Wildman–Crippen MR) is 313 cm³/mol. The fraction of sp³-hybridized carbons (Fsp3) is 0.776. The van der Waals surface area contributed by atoms with Crippen LogP contribution in [0.4, 0.5) is 0 Å². The van der Waals surface area contributed by atoms with Crippen LogP contribution in [0.1, 0.15) is 135 Å². The Balaban J connectivity index is 6.56. The summed E-state index contributed by atoms with van der Waals surface area (Å²) in [6.07, 6.45) is 5.69. The summed E-state index contributed by atoms with van der Waals surface area (Å²) < 4.78 is 0. The molecular formula is C58H105N11O12. The van der Waals surface area contributed by atoms with Gasteiger partial charge in [-0.05, 0) is 103 Å². The Morgan fingerprint density at radius 1 is 0.519 bits per heavy atom. The molecule has 0 aliphatic rings. The third-order valence-corrected chi connectivity index (χ3v) is 14.4. The van der Waals surface area contributed by atoms with Gasteiger partial charge in [0.05, 0.1) is 37.3 Å². The second-order valence-electron chi connectivity index (χ2n) is 24.3. The summed E-state index contributed by atoms with van der Waals surface area (Å²) in [5.74, 6) is -6.46. The Morgan fingerprint density at radius 3 is 1.41 bits per heavy atom. The highest BCUT2D eigenvalue weighted by atomic mass is 16.3. The normalized spacial score (nSPS) is 15.1. The minimum absolute atomic E-state index is 0.0286. The molecule has 0 aromatic heterocycles. The van der Waals surface area contributed by atoms with Gasteiger partial charge >= 0.3 is 0 Å². The number of allylic oxidation sites excluding steroid dienone is 2. The van der Waals surface area contributed by atoms with E-state index in [1.807, 2.05) is 67.5 Å². The zero-order valence-electron chi connectivity index (χ0n) is 53.2. The monoisotopic (exact) mass is 1150 g/mol. The van der Waals surface area contributed by atoms with E-state index in [0.29, 0.717) is 19.1 Å². The molecule has 0 aliphatic carbocycles. The Hall–Kier alpha value is -5.97. The molecule has 0 saturated carbocycles. The van der Waals surface area contributed by atoms with E-state index in [2.05, 4.69) is 21.3 Å². The van der Waals surface area contributed by atoms with E-state index in [-0.39, 0.29) is 55.3 Å². The Bertz CT molecular complexity index is 2150. The average molecular weight is 1150 g/mol. The van der Waals surface area contributed by atoms with Crippen molar-refractivity contribution in [2.75, 3.05) is 76.0 Å². The van der Waals surface area contributed by atoms with Crippen molar-refractivity contribution in [3.8, 4) is 0 Å². The number of likely N-dealkylation sites (N-methyl/N-ethyl adjacent to an activating group) is 8. The number of amides is 10. The van der Waals surface area contributed by atoms with E-state index in [4.69, 9.17) is 0 Å². The minimum atomic E-state index is -1.50. The van der Waals surface area contributed by atoms with Gasteiger partial charge in [0.15, 0.2) is 0 Å². The molecule has 23 heteroatoms. The molecule has 23 nitrogen and oxygen atoms in total. The average Bonchev–Trinajstić information content (AvgIpc) is 3.38. The molecule has 0 spiro atoms. The molecule has 5 N–H and O–H groups in total. The van der Waals surface area contributed by atoms with Gasteiger partial charge in [-0.1, -0.05) is 74.5 Å². The van der Waals surface area contributed by atoms with Gasteiger partial charge in [0.2, 0.25) is 59.1 Å². The summed E-state index contributed by atoms with van der Waals surface area (Å²) in [5.41, 5.74) is -1.50. The molecule has 0 heterocycles. The largest absolute Gasteiger partial charge is 0.390 e. The summed E-state index contributed by atoms with van der Waals surface area (Å²) in [5, 5.41) is 21.8. The van der Waals surface area contributed by atoms with Gasteiger partial charge in [-0.25, -0.2) is 0 Å². The quantitative estimate of drug-likeness (QED) is 0.0449. The number of hydrogen-bond acceptors (Lipinski definition) is 13. The maximum atomic E-state index is 14.3. The molecule has 9 atom stereocenters. The lowest BCUT2D eigenvalue weighted by Crippen LogP contribution is -2.60. The first-order chi connectivity index (χ1) is 37.3. The van der Waals surface area contributed by atoms with Crippen molar-refractivity contribution in [2.24, 2.45) is 29.6 Å². The van der Waals surface area contributed by atoms with Crippen LogP contribution in [0.15, 0.2) is 12.2 Å². The third kappa shape index (κ3) is 25.0. The van der Waals surface area contributed by atoms with Crippen LogP contribution in [0.3, 0.4) is 0 Å². The zero-order chi connectivity index (χ0) is 63.1. The Kier molecular flexibility index (Phi) is 32.5. The van der Waals surface area contributed by atoms with Gasteiger partial charge in [0.1, 0.15) is 42.5 Å². The van der Waals surface area contributed by atoms with E-state index in [0.717, 1.165) is 9.80 Å². The van der Waals surface area contributed by atoms with Crippen LogP contribution in [0.2, 0.25) is 0 Å². The van der Waals surface area contributed by atoms with Gasteiger partial charge in [0, 0.05) is 55.8 Å². The van der Waals surface area contributed by atoms with E-state index in [9.17, 15) is 57.8 Å². The Labute approximate surface area is 484 Å². The van der Waals surface area contributed by atoms with Crippen molar-refractivity contribution in [2.45, 2.75) is 189 Å². The second kappa shape index (κ2) is 35.1. The standard InChI is InChI=1S/C58H105N11O12/c1-23-24-25-39(10)29-43(65(18)49(73)33-64(17)55(78)44(27-36(4)5)69(22)56(79)45(28-37(6)7)68(21)54(77)41(12)59-15)51(74)60-31-47(71)63(16)32-48(72)66(19)46(30-58(13,14)81)53(76)62-50(38(8)9)57(80)67(20)42(26-35(2)3)52(75)61-40(11)34-70/h23-24,34-46,50,59,81H,25-33H2,1-22H3,(H,60,74)(H,61,75)(H,62,76)/b24-23+/t39-,40+,41-,42+,43+,44+,45+,46+,50?/m1/s1. The molecule has 10 amide bonds. The van der Waals surface area contributed by atoms with E-state index in [1.165, 1.54) is 87.6 Å². The highest BCUT2D eigenvalue weighted by Crippen LogP contribution is 2.22. The number of rotatable bonds is 35. The fourth-order valence-corrected chi connectivity index (χ4v) is 9.07. The summed E-state index contributed by atoms with van der Waals surface area (Å²) in [6, 6.07) is -7.83. The van der Waals surface area contributed by atoms with E-state index >= 15 is 0 Å². The number of carbonyl (C=O) groups is 11. The van der Waals surface area contributed by atoms with Gasteiger partial charge in [0.25, 0.3) is 0 Å². The molecule has 81 heavy (non-hydrogen) atoms. The molecule has 0 aromatic carbocycles. The fourth-order valence-electron chi connectivity index (χ4n) is 9.07. The number of nitrogens with zero attached hydrogens (tertiary/aromatic N) is 7. The lowest BCUT2D eigenvalue weighted by Gasteiger charge is -2.37.